The first-order valence-corrected chi connectivity index (χ1v) is 16.8. The van der Waals surface area contributed by atoms with Gasteiger partial charge in [0.1, 0.15) is 11.4 Å². The van der Waals surface area contributed by atoms with Crippen molar-refractivity contribution in [1.29, 1.82) is 0 Å². The molecule has 0 saturated carbocycles. The molecule has 234 valence electrons. The fourth-order valence-electron chi connectivity index (χ4n) is 5.03. The van der Waals surface area contributed by atoms with E-state index in [4.69, 9.17) is 4.74 Å². The molecule has 2 N–H and O–H groups in total. The maximum atomic E-state index is 13.7. The molecule has 6 rings (SSSR count). The molecule has 0 saturated heterocycles. The average Bonchev–Trinajstić information content (AvgIpc) is 3.10. The van der Waals surface area contributed by atoms with E-state index in [0.29, 0.717) is 29.2 Å². The van der Waals surface area contributed by atoms with Crippen LogP contribution in [0, 0.1) is 0 Å². The third kappa shape index (κ3) is 7.60. The highest BCUT2D eigenvalue weighted by molar-refractivity contribution is 8.00. The topological polar surface area (TPSA) is 87.7 Å². The fraction of sp³-hybridized carbons (Fsp3) is 0.0789. The number of fused-ring (bicyclic) bond motifs is 2. The molecule has 1 heterocycles. The molecule has 1 aliphatic rings. The molecule has 0 unspecified atom stereocenters. The number of anilines is 3. The van der Waals surface area contributed by atoms with Crippen LogP contribution >= 0.6 is 23.5 Å². The second kappa shape index (κ2) is 14.9. The summed E-state index contributed by atoms with van der Waals surface area (Å²) < 4.78 is 5.75. The predicted octanol–water partition coefficient (Wildman–Crippen LogP) is 8.42. The van der Waals surface area contributed by atoms with Gasteiger partial charge < -0.3 is 15.4 Å². The molecule has 9 heteroatoms. The first kappa shape index (κ1) is 31.7. The van der Waals surface area contributed by atoms with Crippen LogP contribution in [-0.2, 0) is 9.59 Å². The Balaban J connectivity index is 1.20. The highest BCUT2D eigenvalue weighted by Crippen LogP contribution is 2.48. The number of hydrogen-bond acceptors (Lipinski definition) is 6. The normalized spacial score (nSPS) is 12.0. The van der Waals surface area contributed by atoms with Gasteiger partial charge in [-0.3, -0.25) is 19.3 Å². The van der Waals surface area contributed by atoms with Crippen LogP contribution in [0.5, 0.6) is 5.75 Å². The van der Waals surface area contributed by atoms with Gasteiger partial charge in [0, 0.05) is 31.5 Å². The van der Waals surface area contributed by atoms with Gasteiger partial charge in [0.15, 0.2) is 0 Å². The summed E-state index contributed by atoms with van der Waals surface area (Å²) in [6.07, 6.45) is 1.60. The number of amides is 3. The monoisotopic (exact) mass is 657 g/mol. The Morgan fingerprint density at radius 2 is 1.45 bits per heavy atom. The molecular formula is C38H31N3O4S2. The van der Waals surface area contributed by atoms with Gasteiger partial charge in [-0.05, 0) is 73.7 Å². The maximum Gasteiger partial charge on any atom is 0.272 e. The van der Waals surface area contributed by atoms with E-state index in [-0.39, 0.29) is 17.4 Å². The quantitative estimate of drug-likeness (QED) is 0.116. The molecule has 0 bridgehead atoms. The second-order valence-corrected chi connectivity index (χ2v) is 12.5. The Kier molecular flexibility index (Phi) is 10.1. The Morgan fingerprint density at radius 3 is 2.17 bits per heavy atom. The van der Waals surface area contributed by atoms with Crippen molar-refractivity contribution < 1.29 is 19.1 Å². The lowest BCUT2D eigenvalue weighted by Crippen LogP contribution is -2.30. The molecule has 0 aromatic heterocycles. The zero-order valence-electron chi connectivity index (χ0n) is 25.5. The summed E-state index contributed by atoms with van der Waals surface area (Å²) >= 11 is 3.04. The molecule has 3 amide bonds. The average molecular weight is 658 g/mol. The van der Waals surface area contributed by atoms with Crippen molar-refractivity contribution in [2.24, 2.45) is 0 Å². The largest absolute Gasteiger partial charge is 0.493 e. The number of para-hydroxylation sites is 3. The van der Waals surface area contributed by atoms with E-state index in [1.807, 2.05) is 104 Å². The Bertz CT molecular complexity index is 1920. The molecular weight excluding hydrogens is 627 g/mol. The summed E-state index contributed by atoms with van der Waals surface area (Å²) in [7, 11) is 0. The van der Waals surface area contributed by atoms with Crippen LogP contribution in [-0.4, -0.2) is 30.1 Å². The van der Waals surface area contributed by atoms with Gasteiger partial charge in [-0.2, -0.15) is 0 Å². The van der Waals surface area contributed by atoms with E-state index in [2.05, 4.69) is 10.6 Å². The number of carbonyl (C=O) groups excluding carboxylic acids is 3. The van der Waals surface area contributed by atoms with Crippen LogP contribution in [0.2, 0.25) is 0 Å². The van der Waals surface area contributed by atoms with Crippen molar-refractivity contribution in [1.82, 2.24) is 5.32 Å². The molecule has 0 aliphatic carbocycles. The van der Waals surface area contributed by atoms with Gasteiger partial charge in [-0.25, -0.2) is 0 Å². The summed E-state index contributed by atoms with van der Waals surface area (Å²) in [5, 5.41) is 5.69. The number of ether oxygens (including phenoxy) is 1. The van der Waals surface area contributed by atoms with Crippen molar-refractivity contribution in [3.05, 3.63) is 144 Å². The Hall–Kier alpha value is -5.25. The van der Waals surface area contributed by atoms with Crippen LogP contribution in [0.25, 0.3) is 6.08 Å². The van der Waals surface area contributed by atoms with Crippen LogP contribution in [0.1, 0.15) is 22.8 Å². The van der Waals surface area contributed by atoms with Gasteiger partial charge >= 0.3 is 0 Å². The van der Waals surface area contributed by atoms with Crippen LogP contribution in [0.4, 0.5) is 17.1 Å². The summed E-state index contributed by atoms with van der Waals surface area (Å²) in [4.78, 5) is 45.1. The predicted molar refractivity (Wildman–Crippen MR) is 189 cm³/mol. The fourth-order valence-corrected chi connectivity index (χ4v) is 6.89. The molecule has 1 aliphatic heterocycles. The van der Waals surface area contributed by atoms with Crippen molar-refractivity contribution in [2.45, 2.75) is 21.6 Å². The number of nitrogens with one attached hydrogen (secondary N) is 2. The van der Waals surface area contributed by atoms with Crippen molar-refractivity contribution in [2.75, 3.05) is 22.6 Å². The molecule has 0 atom stereocenters. The summed E-state index contributed by atoms with van der Waals surface area (Å²) in [5.41, 5.74) is 3.38. The lowest BCUT2D eigenvalue weighted by Gasteiger charge is -2.31. The number of carbonyl (C=O) groups is 3. The first-order valence-electron chi connectivity index (χ1n) is 15.0. The molecule has 47 heavy (non-hydrogen) atoms. The molecule has 5 aromatic carbocycles. The third-order valence-electron chi connectivity index (χ3n) is 7.18. The maximum absolute atomic E-state index is 13.7. The third-order valence-corrected chi connectivity index (χ3v) is 9.29. The zero-order chi connectivity index (χ0) is 32.6. The lowest BCUT2D eigenvalue weighted by molar-refractivity contribution is -0.115. The van der Waals surface area contributed by atoms with Gasteiger partial charge in [-0.15, -0.1) is 11.8 Å². The number of benzene rings is 5. The van der Waals surface area contributed by atoms with E-state index in [0.717, 1.165) is 26.1 Å². The van der Waals surface area contributed by atoms with Crippen LogP contribution in [0.15, 0.2) is 148 Å². The Morgan fingerprint density at radius 1 is 0.787 bits per heavy atom. The second-order valence-electron chi connectivity index (χ2n) is 10.4. The minimum atomic E-state index is -0.502. The summed E-state index contributed by atoms with van der Waals surface area (Å²) in [6, 6.07) is 39.1. The van der Waals surface area contributed by atoms with E-state index >= 15 is 0 Å². The van der Waals surface area contributed by atoms with E-state index in [1.54, 1.807) is 53.1 Å². The molecule has 5 aromatic rings. The minimum Gasteiger partial charge on any atom is -0.493 e. The van der Waals surface area contributed by atoms with Crippen molar-refractivity contribution in [3.63, 3.8) is 0 Å². The molecule has 0 radical (unpaired) electrons. The van der Waals surface area contributed by atoms with Gasteiger partial charge in [0.2, 0.25) is 5.91 Å². The van der Waals surface area contributed by atoms with Crippen LogP contribution < -0.4 is 20.3 Å². The summed E-state index contributed by atoms with van der Waals surface area (Å²) in [6.45, 7) is 2.33. The highest BCUT2D eigenvalue weighted by Gasteiger charge is 2.27. The van der Waals surface area contributed by atoms with Gasteiger partial charge in [-0.1, -0.05) is 78.5 Å². The number of rotatable bonds is 10. The number of hydrogen-bond donors (Lipinski definition) is 2. The summed E-state index contributed by atoms with van der Waals surface area (Å²) in [5.74, 6) is -0.181. The lowest BCUT2D eigenvalue weighted by atomic mass is 10.1. The van der Waals surface area contributed by atoms with E-state index in [1.165, 1.54) is 11.8 Å². The first-order chi connectivity index (χ1) is 23.0. The number of nitrogens with zero attached hydrogens (tertiary/aromatic N) is 1. The zero-order valence-corrected chi connectivity index (χ0v) is 27.1. The van der Waals surface area contributed by atoms with Crippen molar-refractivity contribution in [3.8, 4) is 5.75 Å². The minimum absolute atomic E-state index is 0.0496. The van der Waals surface area contributed by atoms with E-state index in [9.17, 15) is 14.4 Å². The molecule has 0 spiro atoms. The number of thioether (sulfide) groups is 1. The Labute approximate surface area is 282 Å². The SMILES string of the molecule is CCOc1ccccc1/C=C(\NC(=O)c1ccccc1)C(=O)Nc1cccc(SCC(=O)N2c3ccccc3Sc3ccccc32)c1. The van der Waals surface area contributed by atoms with Gasteiger partial charge in [0.05, 0.1) is 23.7 Å². The smallest absolute Gasteiger partial charge is 0.272 e. The highest BCUT2D eigenvalue weighted by atomic mass is 32.2. The standard InChI is InChI=1S/C38H31N3O4S2/c1-2-45-33-20-9-6-15-27(33)23-30(40-37(43)26-13-4-3-5-14-26)38(44)39-28-16-12-17-29(24-28)46-25-36(42)41-31-18-7-10-21-34(31)47-35-22-11-8-19-32(35)41/h3-24H,2,25H2,1H3,(H,39,44)(H,40,43)/b30-23-. The van der Waals surface area contributed by atoms with Crippen LogP contribution in [0.3, 0.4) is 0 Å². The van der Waals surface area contributed by atoms with Crippen molar-refractivity contribution >= 4 is 64.4 Å². The molecule has 0 fully saturated rings. The van der Waals surface area contributed by atoms with E-state index < -0.39 is 11.8 Å². The van der Waals surface area contributed by atoms with Gasteiger partial charge in [0.25, 0.3) is 11.8 Å². The molecule has 7 nitrogen and oxygen atoms in total.